The number of ether oxygens (including phenoxy) is 1. The topological polar surface area (TPSA) is 78.9 Å². The molecule has 0 spiro atoms. The molecule has 0 radical (unpaired) electrons. The Labute approximate surface area is 130 Å². The third kappa shape index (κ3) is 5.74. The quantitative estimate of drug-likeness (QED) is 0.637. The summed E-state index contributed by atoms with van der Waals surface area (Å²) < 4.78 is 5.35. The fourth-order valence-electron chi connectivity index (χ4n) is 2.20. The Morgan fingerprint density at radius 2 is 2.10 bits per heavy atom. The maximum Gasteiger partial charge on any atom is 0.327 e. The van der Waals surface area contributed by atoms with Crippen LogP contribution >= 0.6 is 11.8 Å². The second-order valence-electron chi connectivity index (χ2n) is 5.04. The minimum atomic E-state index is -0.928. The summed E-state index contributed by atoms with van der Waals surface area (Å²) in [5.74, 6) is -0.463. The smallest absolute Gasteiger partial charge is 0.327 e. The first-order chi connectivity index (χ1) is 10.1. The van der Waals surface area contributed by atoms with Crippen molar-refractivity contribution in [3.05, 3.63) is 0 Å². The van der Waals surface area contributed by atoms with E-state index in [-0.39, 0.29) is 11.4 Å². The molecule has 0 bridgehead atoms. The molecule has 1 aliphatic rings. The van der Waals surface area contributed by atoms with Crippen molar-refractivity contribution in [2.24, 2.45) is 0 Å². The van der Waals surface area contributed by atoms with Gasteiger partial charge >= 0.3 is 12.0 Å². The van der Waals surface area contributed by atoms with Gasteiger partial charge in [-0.25, -0.2) is 9.59 Å². The molecule has 1 heterocycles. The van der Waals surface area contributed by atoms with Gasteiger partial charge in [0.25, 0.3) is 0 Å². The zero-order chi connectivity index (χ0) is 15.7. The minimum Gasteiger partial charge on any atom is -0.480 e. The predicted molar refractivity (Wildman–Crippen MR) is 83.5 cm³/mol. The monoisotopic (exact) mass is 318 g/mol. The second kappa shape index (κ2) is 9.89. The molecule has 2 unspecified atom stereocenters. The molecule has 21 heavy (non-hydrogen) atoms. The molecule has 0 aromatic heterocycles. The molecule has 2 atom stereocenters. The SMILES string of the molecule is CCCOCCCNC(=O)N1C(CCC)SCC1C(=O)O. The Hall–Kier alpha value is -0.950. The van der Waals surface area contributed by atoms with Gasteiger partial charge < -0.3 is 15.2 Å². The molecule has 1 fully saturated rings. The Kier molecular flexibility index (Phi) is 8.52. The Morgan fingerprint density at radius 3 is 2.71 bits per heavy atom. The molecule has 0 saturated carbocycles. The summed E-state index contributed by atoms with van der Waals surface area (Å²) in [6.45, 7) is 5.94. The van der Waals surface area contributed by atoms with Crippen LogP contribution in [-0.4, -0.2) is 58.9 Å². The van der Waals surface area contributed by atoms with Crippen molar-refractivity contribution in [3.63, 3.8) is 0 Å². The van der Waals surface area contributed by atoms with E-state index >= 15 is 0 Å². The summed E-state index contributed by atoms with van der Waals surface area (Å²) in [4.78, 5) is 25.0. The van der Waals surface area contributed by atoms with Gasteiger partial charge in [0.2, 0.25) is 0 Å². The summed E-state index contributed by atoms with van der Waals surface area (Å²) in [6, 6.07) is -0.996. The summed E-state index contributed by atoms with van der Waals surface area (Å²) >= 11 is 1.55. The molecule has 1 saturated heterocycles. The average molecular weight is 318 g/mol. The minimum absolute atomic E-state index is 0.0348. The van der Waals surface area contributed by atoms with E-state index in [4.69, 9.17) is 4.74 Å². The lowest BCUT2D eigenvalue weighted by Crippen LogP contribution is -2.50. The predicted octanol–water partition coefficient (Wildman–Crippen LogP) is 2.14. The number of carboxylic acid groups (broad SMARTS) is 1. The summed E-state index contributed by atoms with van der Waals surface area (Å²) in [7, 11) is 0. The Bertz CT molecular complexity index is 341. The lowest BCUT2D eigenvalue weighted by Gasteiger charge is -2.27. The molecule has 6 nitrogen and oxygen atoms in total. The highest BCUT2D eigenvalue weighted by molar-refractivity contribution is 8.00. The van der Waals surface area contributed by atoms with Gasteiger partial charge in [0.05, 0.1) is 5.37 Å². The van der Waals surface area contributed by atoms with E-state index in [1.165, 1.54) is 4.90 Å². The zero-order valence-electron chi connectivity index (χ0n) is 12.8. The van der Waals surface area contributed by atoms with Gasteiger partial charge in [0.15, 0.2) is 0 Å². The summed E-state index contributed by atoms with van der Waals surface area (Å²) in [5.41, 5.74) is 0. The number of amides is 2. The third-order valence-electron chi connectivity index (χ3n) is 3.24. The first-order valence-corrected chi connectivity index (χ1v) is 8.65. The molecular formula is C14H26N2O4S. The molecule has 0 aromatic rings. The van der Waals surface area contributed by atoms with Crippen LogP contribution in [0.15, 0.2) is 0 Å². The Morgan fingerprint density at radius 1 is 1.33 bits per heavy atom. The van der Waals surface area contributed by atoms with Crippen molar-refractivity contribution >= 4 is 23.8 Å². The van der Waals surface area contributed by atoms with Crippen molar-refractivity contribution in [2.45, 2.75) is 50.9 Å². The van der Waals surface area contributed by atoms with Crippen LogP contribution in [0.25, 0.3) is 0 Å². The van der Waals surface area contributed by atoms with Crippen LogP contribution in [0.3, 0.4) is 0 Å². The Balaban J connectivity index is 2.41. The highest BCUT2D eigenvalue weighted by Gasteiger charge is 2.40. The van der Waals surface area contributed by atoms with E-state index < -0.39 is 12.0 Å². The van der Waals surface area contributed by atoms with Gasteiger partial charge in [-0.15, -0.1) is 11.8 Å². The number of nitrogens with zero attached hydrogens (tertiary/aromatic N) is 1. The number of carbonyl (C=O) groups is 2. The third-order valence-corrected chi connectivity index (χ3v) is 4.59. The van der Waals surface area contributed by atoms with Gasteiger partial charge in [-0.2, -0.15) is 0 Å². The number of hydrogen-bond donors (Lipinski definition) is 2. The summed E-state index contributed by atoms with van der Waals surface area (Å²) in [6.07, 6.45) is 3.47. The fraction of sp³-hybridized carbons (Fsp3) is 0.857. The number of rotatable bonds is 9. The highest BCUT2D eigenvalue weighted by Crippen LogP contribution is 2.32. The summed E-state index contributed by atoms with van der Waals surface area (Å²) in [5, 5.41) is 12.0. The number of nitrogens with one attached hydrogen (secondary N) is 1. The van der Waals surface area contributed by atoms with Gasteiger partial charge in [-0.3, -0.25) is 4.90 Å². The molecule has 0 aromatic carbocycles. The van der Waals surface area contributed by atoms with E-state index in [0.717, 1.165) is 32.3 Å². The molecular weight excluding hydrogens is 292 g/mol. The van der Waals surface area contributed by atoms with Crippen molar-refractivity contribution in [2.75, 3.05) is 25.5 Å². The van der Waals surface area contributed by atoms with Crippen molar-refractivity contribution in [1.82, 2.24) is 10.2 Å². The standard InChI is InChI=1S/C14H26N2O4S/c1-3-6-12-16(11(10-21-12)13(17)18)14(19)15-7-5-9-20-8-4-2/h11-12H,3-10H2,1-2H3,(H,15,19)(H,17,18). The van der Waals surface area contributed by atoms with Crippen LogP contribution in [0.5, 0.6) is 0 Å². The van der Waals surface area contributed by atoms with Gasteiger partial charge in [0.1, 0.15) is 6.04 Å². The van der Waals surface area contributed by atoms with E-state index in [9.17, 15) is 14.7 Å². The van der Waals surface area contributed by atoms with E-state index in [0.29, 0.717) is 18.9 Å². The molecule has 2 amide bonds. The van der Waals surface area contributed by atoms with Crippen molar-refractivity contribution in [3.8, 4) is 0 Å². The lowest BCUT2D eigenvalue weighted by molar-refractivity contribution is -0.141. The van der Waals surface area contributed by atoms with Crippen molar-refractivity contribution in [1.29, 1.82) is 0 Å². The molecule has 7 heteroatoms. The zero-order valence-corrected chi connectivity index (χ0v) is 13.7. The first-order valence-electron chi connectivity index (χ1n) is 7.60. The average Bonchev–Trinajstić information content (AvgIpc) is 2.87. The normalized spacial score (nSPS) is 21.5. The second-order valence-corrected chi connectivity index (χ2v) is 6.25. The first kappa shape index (κ1) is 18.1. The van der Waals surface area contributed by atoms with Gasteiger partial charge in [-0.1, -0.05) is 20.3 Å². The van der Waals surface area contributed by atoms with E-state index in [1.54, 1.807) is 11.8 Å². The van der Waals surface area contributed by atoms with Crippen LogP contribution in [0.4, 0.5) is 4.79 Å². The van der Waals surface area contributed by atoms with E-state index in [2.05, 4.69) is 5.32 Å². The molecule has 0 aliphatic carbocycles. The fourth-order valence-corrected chi connectivity index (χ4v) is 3.72. The number of carbonyl (C=O) groups excluding carboxylic acids is 1. The van der Waals surface area contributed by atoms with Gasteiger partial charge in [0, 0.05) is 25.5 Å². The van der Waals surface area contributed by atoms with Crippen LogP contribution in [0.2, 0.25) is 0 Å². The van der Waals surface area contributed by atoms with Crippen LogP contribution in [0, 0.1) is 0 Å². The maximum atomic E-state index is 12.2. The number of aliphatic carboxylic acids is 1. The lowest BCUT2D eigenvalue weighted by atomic mass is 10.2. The highest BCUT2D eigenvalue weighted by atomic mass is 32.2. The van der Waals surface area contributed by atoms with Crippen LogP contribution in [0.1, 0.15) is 39.5 Å². The number of hydrogen-bond acceptors (Lipinski definition) is 4. The molecule has 122 valence electrons. The number of thioether (sulfide) groups is 1. The molecule has 1 rings (SSSR count). The van der Waals surface area contributed by atoms with Crippen molar-refractivity contribution < 1.29 is 19.4 Å². The molecule has 2 N–H and O–H groups in total. The van der Waals surface area contributed by atoms with Crippen LogP contribution in [-0.2, 0) is 9.53 Å². The van der Waals surface area contributed by atoms with E-state index in [1.807, 2.05) is 13.8 Å². The maximum absolute atomic E-state index is 12.2. The largest absolute Gasteiger partial charge is 0.480 e. The molecule has 1 aliphatic heterocycles. The number of urea groups is 1. The van der Waals surface area contributed by atoms with Crippen LogP contribution < -0.4 is 5.32 Å². The number of carboxylic acids is 1. The van der Waals surface area contributed by atoms with Gasteiger partial charge in [-0.05, 0) is 19.3 Å².